The van der Waals surface area contributed by atoms with Gasteiger partial charge >= 0.3 is 0 Å². The van der Waals surface area contributed by atoms with Crippen molar-refractivity contribution in [1.29, 1.82) is 0 Å². The molecule has 4 rings (SSSR count). The van der Waals surface area contributed by atoms with Crippen LogP contribution in [0.5, 0.6) is 0 Å². The van der Waals surface area contributed by atoms with Crippen LogP contribution in [0.1, 0.15) is 38.2 Å². The number of aryl methyl sites for hydroxylation is 1. The summed E-state index contributed by atoms with van der Waals surface area (Å²) in [6.07, 6.45) is 7.12. The predicted molar refractivity (Wildman–Crippen MR) is 129 cm³/mol. The Hall–Kier alpha value is -2.26. The molecule has 7 nitrogen and oxygen atoms in total. The maximum Gasteiger partial charge on any atom is 0.269 e. The summed E-state index contributed by atoms with van der Waals surface area (Å²) in [6, 6.07) is 8.92. The van der Waals surface area contributed by atoms with Crippen molar-refractivity contribution in [3.05, 3.63) is 48.4 Å². The smallest absolute Gasteiger partial charge is 0.269 e. The number of fused-ring (bicyclic) bond motifs is 1. The molecule has 1 saturated carbocycles. The van der Waals surface area contributed by atoms with Crippen LogP contribution >= 0.6 is 0 Å². The molecule has 1 unspecified atom stereocenters. The van der Waals surface area contributed by atoms with Crippen molar-refractivity contribution in [2.45, 2.75) is 50.5 Å². The van der Waals surface area contributed by atoms with Gasteiger partial charge in [-0.25, -0.2) is 22.4 Å². The molecule has 0 spiro atoms. The van der Waals surface area contributed by atoms with Crippen molar-refractivity contribution in [2.24, 2.45) is 5.92 Å². The fourth-order valence-corrected chi connectivity index (χ4v) is 6.86. The summed E-state index contributed by atoms with van der Waals surface area (Å²) < 4.78 is 39.6. The molecule has 1 aliphatic carbocycles. The quantitative estimate of drug-likeness (QED) is 0.519. The lowest BCUT2D eigenvalue weighted by Gasteiger charge is -2.35. The molecule has 172 valence electrons. The number of hydrogen-bond donors (Lipinski definition) is 0. The first-order valence-corrected chi connectivity index (χ1v) is 14.0. The van der Waals surface area contributed by atoms with Gasteiger partial charge in [-0.15, -0.1) is 0 Å². The van der Waals surface area contributed by atoms with Crippen LogP contribution in [0, 0.1) is 12.8 Å². The van der Waals surface area contributed by atoms with Crippen LogP contribution in [0.3, 0.4) is 0 Å². The highest BCUT2D eigenvalue weighted by molar-refractivity contribution is 7.90. The van der Waals surface area contributed by atoms with Gasteiger partial charge in [-0.1, -0.05) is 24.6 Å². The largest absolute Gasteiger partial charge is 0.356 e. The van der Waals surface area contributed by atoms with Crippen molar-refractivity contribution in [1.82, 2.24) is 13.9 Å². The van der Waals surface area contributed by atoms with E-state index in [0.717, 1.165) is 54.0 Å². The molecule has 2 heterocycles. The highest BCUT2D eigenvalue weighted by Crippen LogP contribution is 2.33. The Bertz CT molecular complexity index is 1210. The molecule has 0 aliphatic heterocycles. The first-order valence-electron chi connectivity index (χ1n) is 11.0. The standard InChI is InChI=1S/C23H30N4O3S2/c1-4-31(28)15-18-7-9-19(10-8-18)26(3)22-21-13-14-27(23(21)25-16-24-22)32(29,30)20-11-5-17(2)6-12-20/h5-6,11-14,16,18-19H,4,7-10,15H2,1-3H3. The van der Waals surface area contributed by atoms with E-state index in [0.29, 0.717) is 17.6 Å². The highest BCUT2D eigenvalue weighted by Gasteiger charge is 2.28. The number of nitrogens with zero attached hydrogens (tertiary/aromatic N) is 4. The third-order valence-electron chi connectivity index (χ3n) is 6.45. The van der Waals surface area contributed by atoms with Crippen LogP contribution in [0.25, 0.3) is 11.0 Å². The Labute approximate surface area is 192 Å². The molecule has 1 aliphatic rings. The number of benzene rings is 1. The molecule has 0 saturated heterocycles. The Morgan fingerprint density at radius 1 is 1.09 bits per heavy atom. The van der Waals surface area contributed by atoms with Gasteiger partial charge in [-0.2, -0.15) is 0 Å². The summed E-state index contributed by atoms with van der Waals surface area (Å²) in [4.78, 5) is 11.2. The monoisotopic (exact) mass is 474 g/mol. The average Bonchev–Trinajstić information content (AvgIpc) is 3.24. The van der Waals surface area contributed by atoms with Crippen LogP contribution in [0.2, 0.25) is 0 Å². The second-order valence-corrected chi connectivity index (χ2v) is 12.2. The minimum Gasteiger partial charge on any atom is -0.356 e. The van der Waals surface area contributed by atoms with E-state index >= 15 is 0 Å². The van der Waals surface area contributed by atoms with E-state index in [1.807, 2.05) is 20.9 Å². The Kier molecular flexibility index (Phi) is 6.67. The van der Waals surface area contributed by atoms with Gasteiger partial charge in [0, 0.05) is 41.6 Å². The molecule has 32 heavy (non-hydrogen) atoms. The lowest BCUT2D eigenvalue weighted by atomic mass is 9.86. The average molecular weight is 475 g/mol. The Morgan fingerprint density at radius 2 is 1.78 bits per heavy atom. The zero-order chi connectivity index (χ0) is 22.9. The van der Waals surface area contributed by atoms with Gasteiger partial charge < -0.3 is 4.90 Å². The molecule has 0 N–H and O–H groups in total. The van der Waals surface area contributed by atoms with E-state index in [4.69, 9.17) is 0 Å². The molecular weight excluding hydrogens is 444 g/mol. The molecule has 2 aromatic heterocycles. The summed E-state index contributed by atoms with van der Waals surface area (Å²) in [7, 11) is -2.45. The summed E-state index contributed by atoms with van der Waals surface area (Å²) in [6.45, 7) is 3.90. The van der Waals surface area contributed by atoms with Gasteiger partial charge in [0.25, 0.3) is 10.0 Å². The minimum absolute atomic E-state index is 0.233. The van der Waals surface area contributed by atoms with E-state index in [1.54, 1.807) is 36.5 Å². The second kappa shape index (κ2) is 9.31. The Balaban J connectivity index is 1.58. The number of hydrogen-bond acceptors (Lipinski definition) is 6. The first kappa shape index (κ1) is 22.9. The van der Waals surface area contributed by atoms with Gasteiger partial charge in [0.2, 0.25) is 0 Å². The van der Waals surface area contributed by atoms with Gasteiger partial charge in [-0.05, 0) is 56.7 Å². The maximum absolute atomic E-state index is 13.2. The van der Waals surface area contributed by atoms with Gasteiger partial charge in [0.1, 0.15) is 12.1 Å². The maximum atomic E-state index is 13.2. The van der Waals surface area contributed by atoms with E-state index in [9.17, 15) is 12.6 Å². The summed E-state index contributed by atoms with van der Waals surface area (Å²) in [5.41, 5.74) is 1.39. The minimum atomic E-state index is -3.75. The predicted octanol–water partition coefficient (Wildman–Crippen LogP) is 3.74. The third-order valence-corrected chi connectivity index (χ3v) is 9.61. The second-order valence-electron chi connectivity index (χ2n) is 8.54. The zero-order valence-corrected chi connectivity index (χ0v) is 20.4. The van der Waals surface area contributed by atoms with Gasteiger partial charge in [0.15, 0.2) is 5.65 Å². The number of aromatic nitrogens is 3. The number of anilines is 1. The molecule has 1 aromatic carbocycles. The van der Waals surface area contributed by atoms with E-state index in [-0.39, 0.29) is 4.90 Å². The van der Waals surface area contributed by atoms with Crippen LogP contribution in [-0.2, 0) is 20.8 Å². The molecule has 3 aromatic rings. The molecule has 0 amide bonds. The van der Waals surface area contributed by atoms with Crippen LogP contribution in [0.15, 0.2) is 47.8 Å². The highest BCUT2D eigenvalue weighted by atomic mass is 32.2. The molecule has 1 fully saturated rings. The summed E-state index contributed by atoms with van der Waals surface area (Å²) in [5, 5.41) is 0.722. The van der Waals surface area contributed by atoms with Crippen LogP contribution < -0.4 is 4.90 Å². The van der Waals surface area contributed by atoms with Crippen molar-refractivity contribution in [2.75, 3.05) is 23.5 Å². The first-order chi connectivity index (χ1) is 15.3. The Morgan fingerprint density at radius 3 is 2.44 bits per heavy atom. The van der Waals surface area contributed by atoms with Gasteiger partial charge in [-0.3, -0.25) is 4.21 Å². The molecule has 9 heteroatoms. The SMILES string of the molecule is CCS(=O)CC1CCC(N(C)c2ncnc3c2ccn3S(=O)(=O)c2ccc(C)cc2)CC1. The fourth-order valence-electron chi connectivity index (χ4n) is 4.47. The van der Waals surface area contributed by atoms with Crippen LogP contribution in [-0.4, -0.2) is 51.2 Å². The number of rotatable bonds is 7. The van der Waals surface area contributed by atoms with Crippen molar-refractivity contribution in [3.8, 4) is 0 Å². The molecule has 0 radical (unpaired) electrons. The third kappa shape index (κ3) is 4.45. The van der Waals surface area contributed by atoms with Crippen LogP contribution in [0.4, 0.5) is 5.82 Å². The normalized spacial score (nSPS) is 20.3. The fraction of sp³-hybridized carbons (Fsp3) is 0.478. The summed E-state index contributed by atoms with van der Waals surface area (Å²) >= 11 is 0. The van der Waals surface area contributed by atoms with Crippen molar-refractivity contribution < 1.29 is 12.6 Å². The topological polar surface area (TPSA) is 85.2 Å². The van der Waals surface area contributed by atoms with Crippen molar-refractivity contribution >= 4 is 37.7 Å². The molecular formula is C23H30N4O3S2. The lowest BCUT2D eigenvalue weighted by molar-refractivity contribution is 0.343. The lowest BCUT2D eigenvalue weighted by Crippen LogP contribution is -2.36. The van der Waals surface area contributed by atoms with E-state index in [1.165, 1.54) is 10.3 Å². The van der Waals surface area contributed by atoms with Crippen molar-refractivity contribution in [3.63, 3.8) is 0 Å². The van der Waals surface area contributed by atoms with E-state index < -0.39 is 20.8 Å². The zero-order valence-electron chi connectivity index (χ0n) is 18.8. The summed E-state index contributed by atoms with van der Waals surface area (Å²) in [5.74, 6) is 2.78. The molecule has 0 bridgehead atoms. The van der Waals surface area contributed by atoms with Gasteiger partial charge in [0.05, 0.1) is 10.3 Å². The molecule has 1 atom stereocenters. The van der Waals surface area contributed by atoms with E-state index in [2.05, 4.69) is 14.9 Å².